The molecule has 1 aliphatic heterocycles. The van der Waals surface area contributed by atoms with Gasteiger partial charge in [-0.2, -0.15) is 0 Å². The Labute approximate surface area is 164 Å². The predicted octanol–water partition coefficient (Wildman–Crippen LogP) is 0.698. The first-order valence-corrected chi connectivity index (χ1v) is 9.32. The minimum Gasteiger partial charge on any atom is -0.394 e. The van der Waals surface area contributed by atoms with Crippen LogP contribution in [0.15, 0.2) is 36.4 Å². The molecule has 2 amide bonds. The minimum atomic E-state index is -0.715. The third-order valence-corrected chi connectivity index (χ3v) is 4.37. The minimum absolute atomic E-state index is 0.0770. The van der Waals surface area contributed by atoms with E-state index >= 15 is 0 Å². The maximum absolute atomic E-state index is 13.7. The lowest BCUT2D eigenvalue weighted by atomic mass is 10.0. The molecule has 2 rings (SSSR count). The van der Waals surface area contributed by atoms with Gasteiger partial charge in [0.2, 0.25) is 5.91 Å². The van der Waals surface area contributed by atoms with Crippen molar-refractivity contribution in [1.29, 1.82) is 0 Å². The number of aliphatic hydroxyl groups excluding tert-OH is 1. The zero-order valence-corrected chi connectivity index (χ0v) is 16.2. The number of hydrogen-bond acceptors (Lipinski definition) is 5. The smallest absolute Gasteiger partial charge is 0.254 e. The number of nitrogens with one attached hydrogen (secondary N) is 2. The fourth-order valence-corrected chi connectivity index (χ4v) is 2.89. The van der Waals surface area contributed by atoms with Gasteiger partial charge in [0.25, 0.3) is 5.91 Å². The van der Waals surface area contributed by atoms with Gasteiger partial charge in [-0.05, 0) is 39.2 Å². The van der Waals surface area contributed by atoms with Gasteiger partial charge in [-0.25, -0.2) is 4.39 Å². The molecule has 8 heteroatoms. The van der Waals surface area contributed by atoms with E-state index in [1.54, 1.807) is 18.2 Å². The van der Waals surface area contributed by atoms with Gasteiger partial charge in [-0.3, -0.25) is 9.59 Å². The molecular formula is C20H28FN3O4. The van der Waals surface area contributed by atoms with Crippen LogP contribution in [-0.2, 0) is 9.53 Å². The Kier molecular flexibility index (Phi) is 8.56. The fourth-order valence-electron chi connectivity index (χ4n) is 2.89. The number of aliphatic hydroxyl groups is 1. The molecule has 1 aromatic carbocycles. The summed E-state index contributed by atoms with van der Waals surface area (Å²) in [6, 6.07) is 5.05. The van der Waals surface area contributed by atoms with Crippen molar-refractivity contribution in [1.82, 2.24) is 15.5 Å². The highest BCUT2D eigenvalue weighted by atomic mass is 19.1. The van der Waals surface area contributed by atoms with Crippen molar-refractivity contribution in [2.45, 2.75) is 31.1 Å². The molecule has 154 valence electrons. The van der Waals surface area contributed by atoms with Crippen LogP contribution in [0.25, 0.3) is 0 Å². The van der Waals surface area contributed by atoms with Gasteiger partial charge in [0.05, 0.1) is 30.7 Å². The maximum atomic E-state index is 13.7. The topological polar surface area (TPSA) is 90.9 Å². The number of nitrogens with zero attached hydrogens (tertiary/aromatic N) is 1. The highest BCUT2D eigenvalue weighted by Crippen LogP contribution is 2.17. The van der Waals surface area contributed by atoms with E-state index in [2.05, 4.69) is 10.6 Å². The molecule has 3 N–H and O–H groups in total. The fraction of sp³-hybridized carbons (Fsp3) is 0.500. The van der Waals surface area contributed by atoms with Crippen molar-refractivity contribution in [2.24, 2.45) is 0 Å². The Morgan fingerprint density at radius 1 is 1.25 bits per heavy atom. The van der Waals surface area contributed by atoms with E-state index in [9.17, 15) is 19.1 Å². The van der Waals surface area contributed by atoms with Gasteiger partial charge in [-0.15, -0.1) is 0 Å². The second-order valence-electron chi connectivity index (χ2n) is 6.97. The Hall–Kier alpha value is -2.29. The van der Waals surface area contributed by atoms with E-state index in [1.807, 2.05) is 19.0 Å². The third kappa shape index (κ3) is 6.70. The standard InChI is InChI=1S/C20H28FN3O4/c1-24(2)11-5-10-22-19(26)12-14-8-9-17(18(13-25)28-14)23-20(27)15-6-3-4-7-16(15)21/h3-4,6-9,14,17-18,25H,5,10-13H2,1-2H3,(H,22,26)(H,23,27)/t14-,17-,18+/m0/s1. The van der Waals surface area contributed by atoms with Gasteiger partial charge < -0.3 is 25.4 Å². The van der Waals surface area contributed by atoms with Gasteiger partial charge in [0, 0.05) is 6.54 Å². The molecule has 1 aromatic rings. The molecule has 28 heavy (non-hydrogen) atoms. The molecular weight excluding hydrogens is 365 g/mol. The molecule has 0 aromatic heterocycles. The normalized spacial score (nSPS) is 21.5. The highest BCUT2D eigenvalue weighted by Gasteiger charge is 2.29. The molecule has 0 unspecified atom stereocenters. The molecule has 0 bridgehead atoms. The lowest BCUT2D eigenvalue weighted by molar-refractivity contribution is -0.125. The average molecular weight is 393 g/mol. The summed E-state index contributed by atoms with van der Waals surface area (Å²) in [7, 11) is 3.94. The molecule has 0 spiro atoms. The molecule has 0 aliphatic carbocycles. The molecule has 7 nitrogen and oxygen atoms in total. The largest absolute Gasteiger partial charge is 0.394 e. The molecule has 3 atom stereocenters. The number of hydrogen-bond donors (Lipinski definition) is 3. The third-order valence-electron chi connectivity index (χ3n) is 4.37. The Balaban J connectivity index is 1.86. The molecule has 0 saturated heterocycles. The van der Waals surface area contributed by atoms with Crippen molar-refractivity contribution in [2.75, 3.05) is 33.8 Å². The Morgan fingerprint density at radius 2 is 2.00 bits per heavy atom. The van der Waals surface area contributed by atoms with Crippen molar-refractivity contribution in [3.63, 3.8) is 0 Å². The zero-order chi connectivity index (χ0) is 20.5. The van der Waals surface area contributed by atoms with E-state index < -0.39 is 30.0 Å². The van der Waals surface area contributed by atoms with Crippen molar-refractivity contribution in [3.05, 3.63) is 47.8 Å². The maximum Gasteiger partial charge on any atom is 0.254 e. The number of carbonyl (C=O) groups is 2. The molecule has 0 fully saturated rings. The summed E-state index contributed by atoms with van der Waals surface area (Å²) in [4.78, 5) is 26.3. The highest BCUT2D eigenvalue weighted by molar-refractivity contribution is 5.94. The van der Waals surface area contributed by atoms with Crippen LogP contribution in [0, 0.1) is 5.82 Å². The average Bonchev–Trinajstić information content (AvgIpc) is 2.66. The van der Waals surface area contributed by atoms with Gasteiger partial charge in [-0.1, -0.05) is 24.3 Å². The molecule has 0 saturated carbocycles. The van der Waals surface area contributed by atoms with Crippen LogP contribution in [0.3, 0.4) is 0 Å². The summed E-state index contributed by atoms with van der Waals surface area (Å²) < 4.78 is 19.5. The Bertz CT molecular complexity index is 696. The van der Waals surface area contributed by atoms with Crippen LogP contribution in [0.5, 0.6) is 0 Å². The van der Waals surface area contributed by atoms with Crippen LogP contribution in [0.4, 0.5) is 4.39 Å². The van der Waals surface area contributed by atoms with Crippen LogP contribution < -0.4 is 10.6 Å². The number of benzene rings is 1. The van der Waals surface area contributed by atoms with Gasteiger partial charge in [0.15, 0.2) is 0 Å². The quantitative estimate of drug-likeness (QED) is 0.424. The van der Waals surface area contributed by atoms with E-state index in [-0.39, 0.29) is 24.5 Å². The van der Waals surface area contributed by atoms with Crippen molar-refractivity contribution in [3.8, 4) is 0 Å². The summed E-state index contributed by atoms with van der Waals surface area (Å²) in [5.41, 5.74) is -0.0770. The summed E-state index contributed by atoms with van der Waals surface area (Å²) in [5, 5.41) is 15.1. The summed E-state index contributed by atoms with van der Waals surface area (Å²) >= 11 is 0. The van der Waals surface area contributed by atoms with Crippen molar-refractivity contribution >= 4 is 11.8 Å². The summed E-state index contributed by atoms with van der Waals surface area (Å²) in [6.45, 7) is 1.13. The zero-order valence-electron chi connectivity index (χ0n) is 16.2. The molecule has 0 radical (unpaired) electrons. The Morgan fingerprint density at radius 3 is 2.68 bits per heavy atom. The van der Waals surface area contributed by atoms with Crippen LogP contribution in [-0.4, -0.2) is 73.9 Å². The van der Waals surface area contributed by atoms with Crippen LogP contribution >= 0.6 is 0 Å². The van der Waals surface area contributed by atoms with E-state index in [4.69, 9.17) is 4.74 Å². The second-order valence-corrected chi connectivity index (χ2v) is 6.97. The molecule has 1 aliphatic rings. The van der Waals surface area contributed by atoms with E-state index in [1.165, 1.54) is 18.2 Å². The lowest BCUT2D eigenvalue weighted by Gasteiger charge is -2.31. The lowest BCUT2D eigenvalue weighted by Crippen LogP contribution is -2.49. The van der Waals surface area contributed by atoms with Gasteiger partial charge in [0.1, 0.15) is 11.9 Å². The number of carbonyl (C=O) groups excluding carboxylic acids is 2. The first-order valence-electron chi connectivity index (χ1n) is 9.32. The summed E-state index contributed by atoms with van der Waals surface area (Å²) in [6.07, 6.45) is 3.12. The SMILES string of the molecule is CN(C)CCCNC(=O)C[C@@H]1C=C[C@H](NC(=O)c2ccccc2F)[C@@H](CO)O1. The monoisotopic (exact) mass is 393 g/mol. The van der Waals surface area contributed by atoms with Gasteiger partial charge >= 0.3 is 0 Å². The van der Waals surface area contributed by atoms with E-state index in [0.29, 0.717) is 6.54 Å². The van der Waals surface area contributed by atoms with Crippen LogP contribution in [0.1, 0.15) is 23.2 Å². The number of rotatable bonds is 9. The second kappa shape index (κ2) is 10.9. The predicted molar refractivity (Wildman–Crippen MR) is 103 cm³/mol. The van der Waals surface area contributed by atoms with Crippen LogP contribution in [0.2, 0.25) is 0 Å². The number of ether oxygens (including phenoxy) is 1. The van der Waals surface area contributed by atoms with E-state index in [0.717, 1.165) is 13.0 Å². The first-order chi connectivity index (χ1) is 13.4. The number of amides is 2. The molecule has 1 heterocycles. The van der Waals surface area contributed by atoms with Crippen molar-refractivity contribution < 1.29 is 23.8 Å². The first kappa shape index (κ1) is 22.0. The number of halogens is 1. The summed E-state index contributed by atoms with van der Waals surface area (Å²) in [5.74, 6) is -1.35.